The zero-order valence-corrected chi connectivity index (χ0v) is 19.5. The highest BCUT2D eigenvalue weighted by Gasteiger charge is 2.28. The van der Waals surface area contributed by atoms with Crippen molar-refractivity contribution >= 4 is 18.1 Å². The van der Waals surface area contributed by atoms with E-state index in [0.717, 1.165) is 45.3 Å². The highest BCUT2D eigenvalue weighted by Crippen LogP contribution is 2.31. The Kier molecular flexibility index (Phi) is 9.19. The summed E-state index contributed by atoms with van der Waals surface area (Å²) in [6.45, 7) is 5.69. The molecular weight excluding hydrogens is 431 g/mol. The number of likely N-dealkylation sites (N-methyl/N-ethyl adjacent to an activating group) is 1. The van der Waals surface area contributed by atoms with Gasteiger partial charge in [-0.05, 0) is 18.9 Å². The first-order valence-electron chi connectivity index (χ1n) is 11.7. The smallest absolute Gasteiger partial charge is 0.318 e. The van der Waals surface area contributed by atoms with Gasteiger partial charge in [-0.25, -0.2) is 9.45 Å². The molecule has 2 aliphatic rings. The van der Waals surface area contributed by atoms with Crippen LogP contribution < -0.4 is 15.0 Å². The SMILES string of the molecule is CCN1CCN(c2nc(OC)nc(CNC(=O)[C@H](CC3CCCC3)CN(O)C=O)c2F)CC1. The summed E-state index contributed by atoms with van der Waals surface area (Å²) in [6, 6.07) is 0.0403. The lowest BCUT2D eigenvalue weighted by Crippen LogP contribution is -2.47. The second-order valence-corrected chi connectivity index (χ2v) is 8.74. The van der Waals surface area contributed by atoms with Gasteiger partial charge in [-0.3, -0.25) is 14.8 Å². The molecule has 0 aromatic carbocycles. The monoisotopic (exact) mass is 466 g/mol. The van der Waals surface area contributed by atoms with Crippen LogP contribution in [0.5, 0.6) is 6.01 Å². The number of nitrogens with one attached hydrogen (secondary N) is 1. The van der Waals surface area contributed by atoms with Crippen molar-refractivity contribution < 1.29 is 23.9 Å². The van der Waals surface area contributed by atoms with E-state index in [9.17, 15) is 14.8 Å². The Morgan fingerprint density at radius 1 is 1.30 bits per heavy atom. The molecule has 0 radical (unpaired) electrons. The topological polar surface area (TPSA) is 111 Å². The van der Waals surface area contributed by atoms with Gasteiger partial charge in [0.2, 0.25) is 12.3 Å². The Labute approximate surface area is 194 Å². The number of ether oxygens (including phenoxy) is 1. The number of piperazine rings is 1. The summed E-state index contributed by atoms with van der Waals surface area (Å²) < 4.78 is 20.5. The van der Waals surface area contributed by atoms with Crippen molar-refractivity contribution in [1.82, 2.24) is 25.2 Å². The van der Waals surface area contributed by atoms with E-state index in [1.54, 1.807) is 0 Å². The number of anilines is 1. The van der Waals surface area contributed by atoms with E-state index in [4.69, 9.17) is 4.74 Å². The number of aromatic nitrogens is 2. The molecular formula is C22H35FN6O4. The van der Waals surface area contributed by atoms with Gasteiger partial charge in [0.25, 0.3) is 0 Å². The third kappa shape index (κ3) is 6.73. The summed E-state index contributed by atoms with van der Waals surface area (Å²) in [5.41, 5.74) is 0.0407. The molecule has 33 heavy (non-hydrogen) atoms. The number of hydroxylamine groups is 2. The number of hydrogen-bond donors (Lipinski definition) is 2. The predicted molar refractivity (Wildman–Crippen MR) is 119 cm³/mol. The van der Waals surface area contributed by atoms with Gasteiger partial charge >= 0.3 is 6.01 Å². The van der Waals surface area contributed by atoms with Crippen LogP contribution in [-0.2, 0) is 16.1 Å². The van der Waals surface area contributed by atoms with Gasteiger partial charge in [-0.2, -0.15) is 9.97 Å². The largest absolute Gasteiger partial charge is 0.467 e. The van der Waals surface area contributed by atoms with Crippen LogP contribution in [0.3, 0.4) is 0 Å². The molecule has 2 heterocycles. The van der Waals surface area contributed by atoms with Crippen LogP contribution in [0.25, 0.3) is 0 Å². The molecule has 11 heteroatoms. The summed E-state index contributed by atoms with van der Waals surface area (Å²) in [7, 11) is 1.42. The van der Waals surface area contributed by atoms with Gasteiger partial charge < -0.3 is 19.9 Å². The maximum atomic E-state index is 15.3. The van der Waals surface area contributed by atoms with Crippen LogP contribution in [0, 0.1) is 17.7 Å². The fraction of sp³-hybridized carbons (Fsp3) is 0.727. The summed E-state index contributed by atoms with van der Waals surface area (Å²) in [5.74, 6) is -0.962. The molecule has 1 aliphatic heterocycles. The molecule has 0 unspecified atom stereocenters. The number of carbonyl (C=O) groups is 2. The van der Waals surface area contributed by atoms with Gasteiger partial charge in [0, 0.05) is 26.2 Å². The van der Waals surface area contributed by atoms with Crippen molar-refractivity contribution in [1.29, 1.82) is 0 Å². The van der Waals surface area contributed by atoms with E-state index in [2.05, 4.69) is 27.1 Å². The van der Waals surface area contributed by atoms with Gasteiger partial charge in [-0.15, -0.1) is 0 Å². The molecule has 0 bridgehead atoms. The second-order valence-electron chi connectivity index (χ2n) is 8.74. The molecule has 10 nitrogen and oxygen atoms in total. The summed E-state index contributed by atoms with van der Waals surface area (Å²) in [5, 5.41) is 12.9. The van der Waals surface area contributed by atoms with E-state index >= 15 is 4.39 Å². The molecule has 1 aliphatic carbocycles. The van der Waals surface area contributed by atoms with E-state index in [0.29, 0.717) is 30.5 Å². The fourth-order valence-corrected chi connectivity index (χ4v) is 4.65. The van der Waals surface area contributed by atoms with Crippen LogP contribution in [0.15, 0.2) is 0 Å². The third-order valence-electron chi connectivity index (χ3n) is 6.61. The third-order valence-corrected chi connectivity index (χ3v) is 6.61. The highest BCUT2D eigenvalue weighted by molar-refractivity contribution is 5.79. The molecule has 2 N–H and O–H groups in total. The van der Waals surface area contributed by atoms with E-state index in [-0.39, 0.29) is 42.9 Å². The maximum absolute atomic E-state index is 15.3. The molecule has 1 atom stereocenters. The molecule has 1 saturated heterocycles. The maximum Gasteiger partial charge on any atom is 0.318 e. The lowest BCUT2D eigenvalue weighted by molar-refractivity contribution is -0.155. The van der Waals surface area contributed by atoms with Gasteiger partial charge in [-0.1, -0.05) is 32.6 Å². The van der Waals surface area contributed by atoms with Crippen LogP contribution >= 0.6 is 0 Å². The number of hydrogen-bond acceptors (Lipinski definition) is 8. The standard InChI is InChI=1S/C22H35FN6O4/c1-3-27-8-10-28(11-9-27)20-19(23)18(25-22(26-20)33-2)13-24-21(31)17(14-29(32)15-30)12-16-6-4-5-7-16/h15-17,32H,3-14H2,1-2H3,(H,24,31)/t17-/m1/s1. The quantitative estimate of drug-likeness (QED) is 0.286. The molecule has 2 amide bonds. The summed E-state index contributed by atoms with van der Waals surface area (Å²) in [4.78, 5) is 36.3. The Balaban J connectivity index is 1.70. The minimum absolute atomic E-state index is 0.0403. The van der Waals surface area contributed by atoms with Gasteiger partial charge in [0.1, 0.15) is 5.69 Å². The molecule has 184 valence electrons. The normalized spacial score (nSPS) is 18.2. The first-order chi connectivity index (χ1) is 15.9. The van der Waals surface area contributed by atoms with Crippen molar-refractivity contribution in [3.05, 3.63) is 11.5 Å². The van der Waals surface area contributed by atoms with Crippen molar-refractivity contribution in [2.75, 3.05) is 51.3 Å². The first kappa shape index (κ1) is 25.1. The summed E-state index contributed by atoms with van der Waals surface area (Å²) >= 11 is 0. The molecule has 0 spiro atoms. The number of rotatable bonds is 11. The van der Waals surface area contributed by atoms with Gasteiger partial charge in [0.15, 0.2) is 11.6 Å². The van der Waals surface area contributed by atoms with Crippen LogP contribution in [0.4, 0.5) is 10.2 Å². The zero-order valence-electron chi connectivity index (χ0n) is 19.5. The number of amides is 2. The molecule has 1 aromatic heterocycles. The Hall–Kier alpha value is -2.53. The molecule has 2 fully saturated rings. The fourth-order valence-electron chi connectivity index (χ4n) is 4.65. The van der Waals surface area contributed by atoms with Crippen LogP contribution in [0.1, 0.15) is 44.7 Å². The predicted octanol–water partition coefficient (Wildman–Crippen LogP) is 1.43. The van der Waals surface area contributed by atoms with Crippen molar-refractivity contribution in [2.45, 2.75) is 45.6 Å². The summed E-state index contributed by atoms with van der Waals surface area (Å²) in [6.07, 6.45) is 5.16. The Morgan fingerprint density at radius 2 is 2.00 bits per heavy atom. The van der Waals surface area contributed by atoms with Crippen LogP contribution in [-0.4, -0.2) is 83.8 Å². The molecule has 1 saturated carbocycles. The average Bonchev–Trinajstić information content (AvgIpc) is 3.36. The number of carbonyl (C=O) groups excluding carboxylic acids is 2. The first-order valence-corrected chi connectivity index (χ1v) is 11.7. The van der Waals surface area contributed by atoms with Gasteiger partial charge in [0.05, 0.1) is 26.1 Å². The lowest BCUT2D eigenvalue weighted by Gasteiger charge is -2.35. The highest BCUT2D eigenvalue weighted by atomic mass is 19.1. The lowest BCUT2D eigenvalue weighted by atomic mass is 9.92. The second kappa shape index (κ2) is 12.1. The molecule has 1 aromatic rings. The minimum Gasteiger partial charge on any atom is -0.467 e. The Morgan fingerprint density at radius 3 is 2.61 bits per heavy atom. The van der Waals surface area contributed by atoms with E-state index < -0.39 is 11.7 Å². The molecule has 3 rings (SSSR count). The van der Waals surface area contributed by atoms with E-state index in [1.807, 2.05) is 4.90 Å². The zero-order chi connectivity index (χ0) is 23.8. The number of methoxy groups -OCH3 is 1. The number of nitrogens with zero attached hydrogens (tertiary/aromatic N) is 5. The average molecular weight is 467 g/mol. The number of halogens is 1. The van der Waals surface area contributed by atoms with Crippen molar-refractivity contribution in [3.63, 3.8) is 0 Å². The minimum atomic E-state index is -0.586. The van der Waals surface area contributed by atoms with Crippen LogP contribution in [0.2, 0.25) is 0 Å². The van der Waals surface area contributed by atoms with E-state index in [1.165, 1.54) is 7.11 Å². The van der Waals surface area contributed by atoms with Crippen molar-refractivity contribution in [2.24, 2.45) is 11.8 Å². The Bertz CT molecular complexity index is 799. The van der Waals surface area contributed by atoms with Crippen molar-refractivity contribution in [3.8, 4) is 6.01 Å².